The largest absolute Gasteiger partial charge is 0.497 e. The molecule has 2 aromatic carbocycles. The van der Waals surface area contributed by atoms with Gasteiger partial charge in [-0.05, 0) is 43.3 Å². The number of benzene rings is 2. The van der Waals surface area contributed by atoms with Crippen LogP contribution in [0.15, 0.2) is 53.7 Å². The Balaban J connectivity index is 2.07. The minimum absolute atomic E-state index is 0.145. The van der Waals surface area contributed by atoms with E-state index in [1.165, 1.54) is 11.8 Å². The fourth-order valence-electron chi connectivity index (χ4n) is 2.35. The number of primary amides is 1. The summed E-state index contributed by atoms with van der Waals surface area (Å²) in [5.41, 5.74) is 8.26. The molecular formula is C18H18N4O2S. The van der Waals surface area contributed by atoms with Crippen molar-refractivity contribution in [3.05, 3.63) is 54.1 Å². The van der Waals surface area contributed by atoms with Crippen molar-refractivity contribution in [3.63, 3.8) is 0 Å². The maximum Gasteiger partial charge on any atom is 0.227 e. The highest BCUT2D eigenvalue weighted by molar-refractivity contribution is 7.99. The molecule has 0 aliphatic rings. The average Bonchev–Trinajstić information content (AvgIpc) is 3.04. The van der Waals surface area contributed by atoms with Gasteiger partial charge in [0.15, 0.2) is 11.0 Å². The molecule has 128 valence electrons. The number of nitrogens with two attached hydrogens (primary N) is 1. The minimum atomic E-state index is -0.394. The van der Waals surface area contributed by atoms with Gasteiger partial charge >= 0.3 is 0 Å². The van der Waals surface area contributed by atoms with Crippen molar-refractivity contribution < 1.29 is 9.53 Å². The zero-order valence-corrected chi connectivity index (χ0v) is 14.8. The Kier molecular flexibility index (Phi) is 5.04. The molecule has 0 aliphatic heterocycles. The number of carbonyl (C=O) groups is 1. The fraction of sp³-hybridized carbons (Fsp3) is 0.167. The molecule has 0 saturated carbocycles. The highest BCUT2D eigenvalue weighted by Crippen LogP contribution is 2.29. The lowest BCUT2D eigenvalue weighted by atomic mass is 10.2. The average molecular weight is 354 g/mol. The molecule has 6 nitrogen and oxygen atoms in total. The zero-order valence-electron chi connectivity index (χ0n) is 14.0. The van der Waals surface area contributed by atoms with E-state index < -0.39 is 5.91 Å². The molecule has 0 spiro atoms. The Hall–Kier alpha value is -2.80. The van der Waals surface area contributed by atoms with Crippen molar-refractivity contribution in [2.75, 3.05) is 12.9 Å². The molecule has 2 N–H and O–H groups in total. The second-order valence-corrected chi connectivity index (χ2v) is 6.40. The number of aromatic nitrogens is 3. The molecule has 3 aromatic rings. The number of carbonyl (C=O) groups excluding carboxylic acids is 1. The van der Waals surface area contributed by atoms with Crippen LogP contribution >= 0.6 is 11.8 Å². The van der Waals surface area contributed by atoms with Gasteiger partial charge < -0.3 is 10.5 Å². The molecule has 1 amide bonds. The van der Waals surface area contributed by atoms with Gasteiger partial charge in [0.1, 0.15) is 5.75 Å². The van der Waals surface area contributed by atoms with Gasteiger partial charge in [-0.3, -0.25) is 9.36 Å². The summed E-state index contributed by atoms with van der Waals surface area (Å²) in [6.45, 7) is 2.03. The van der Waals surface area contributed by atoms with E-state index in [0.717, 1.165) is 22.6 Å². The van der Waals surface area contributed by atoms with Gasteiger partial charge in [-0.2, -0.15) is 0 Å². The Morgan fingerprint density at radius 1 is 1.12 bits per heavy atom. The number of thioether (sulfide) groups is 1. The minimum Gasteiger partial charge on any atom is -0.497 e. The topological polar surface area (TPSA) is 83.0 Å². The molecule has 1 heterocycles. The fourth-order valence-corrected chi connectivity index (χ4v) is 3.04. The second-order valence-electron chi connectivity index (χ2n) is 5.46. The van der Waals surface area contributed by atoms with Gasteiger partial charge in [0.2, 0.25) is 5.91 Å². The number of ether oxygens (including phenoxy) is 1. The van der Waals surface area contributed by atoms with Crippen LogP contribution in [0.2, 0.25) is 0 Å². The SMILES string of the molecule is COc1ccc(-c2nnc(SCC(N)=O)n2-c2ccc(C)cc2)cc1. The van der Waals surface area contributed by atoms with E-state index in [-0.39, 0.29) is 5.75 Å². The van der Waals surface area contributed by atoms with Crippen molar-refractivity contribution >= 4 is 17.7 Å². The number of nitrogens with zero attached hydrogens (tertiary/aromatic N) is 3. The lowest BCUT2D eigenvalue weighted by Crippen LogP contribution is -2.13. The van der Waals surface area contributed by atoms with Gasteiger partial charge in [-0.25, -0.2) is 0 Å². The first kappa shape index (κ1) is 17.0. The highest BCUT2D eigenvalue weighted by Gasteiger charge is 2.16. The van der Waals surface area contributed by atoms with Crippen LogP contribution in [-0.2, 0) is 4.79 Å². The monoisotopic (exact) mass is 354 g/mol. The summed E-state index contributed by atoms with van der Waals surface area (Å²) in [5, 5.41) is 9.18. The van der Waals surface area contributed by atoms with Crippen molar-refractivity contribution in [3.8, 4) is 22.8 Å². The number of amides is 1. The van der Waals surface area contributed by atoms with Crippen LogP contribution < -0.4 is 10.5 Å². The van der Waals surface area contributed by atoms with E-state index in [1.54, 1.807) is 7.11 Å². The molecule has 7 heteroatoms. The summed E-state index contributed by atoms with van der Waals surface area (Å²) in [6, 6.07) is 15.6. The van der Waals surface area contributed by atoms with Crippen molar-refractivity contribution in [2.24, 2.45) is 5.73 Å². The number of methoxy groups -OCH3 is 1. The van der Waals surface area contributed by atoms with E-state index >= 15 is 0 Å². The van der Waals surface area contributed by atoms with Gasteiger partial charge in [0.05, 0.1) is 12.9 Å². The normalized spacial score (nSPS) is 10.6. The second kappa shape index (κ2) is 7.40. The van der Waals surface area contributed by atoms with Gasteiger partial charge in [0, 0.05) is 11.3 Å². The lowest BCUT2D eigenvalue weighted by molar-refractivity contribution is -0.115. The van der Waals surface area contributed by atoms with Crippen LogP contribution in [0, 0.1) is 6.92 Å². The molecule has 0 saturated heterocycles. The number of rotatable bonds is 6. The molecule has 0 unspecified atom stereocenters. The third-order valence-electron chi connectivity index (χ3n) is 3.62. The summed E-state index contributed by atoms with van der Waals surface area (Å²) in [5.74, 6) is 1.22. The van der Waals surface area contributed by atoms with E-state index in [1.807, 2.05) is 60.0 Å². The van der Waals surface area contributed by atoms with Gasteiger partial charge in [-0.1, -0.05) is 29.5 Å². The van der Waals surface area contributed by atoms with Crippen LogP contribution in [0.4, 0.5) is 0 Å². The predicted molar refractivity (Wildman–Crippen MR) is 98.0 cm³/mol. The lowest BCUT2D eigenvalue weighted by Gasteiger charge is -2.10. The first-order valence-corrected chi connectivity index (χ1v) is 8.65. The van der Waals surface area contributed by atoms with Crippen LogP contribution in [0.5, 0.6) is 5.75 Å². The molecule has 0 atom stereocenters. The summed E-state index contributed by atoms with van der Waals surface area (Å²) in [4.78, 5) is 11.1. The first-order valence-electron chi connectivity index (χ1n) is 7.66. The summed E-state index contributed by atoms with van der Waals surface area (Å²) in [7, 11) is 1.63. The molecule has 25 heavy (non-hydrogen) atoms. The predicted octanol–water partition coefficient (Wildman–Crippen LogP) is 2.83. The molecular weight excluding hydrogens is 336 g/mol. The maximum atomic E-state index is 11.1. The third-order valence-corrected chi connectivity index (χ3v) is 4.57. The smallest absolute Gasteiger partial charge is 0.227 e. The Labute approximate surface area is 150 Å². The first-order chi connectivity index (χ1) is 12.1. The third kappa shape index (κ3) is 3.83. The van der Waals surface area contributed by atoms with E-state index in [4.69, 9.17) is 10.5 Å². The molecule has 0 aliphatic carbocycles. The Morgan fingerprint density at radius 3 is 2.40 bits per heavy atom. The molecule has 1 aromatic heterocycles. The van der Waals surface area contributed by atoms with Crippen LogP contribution in [0.3, 0.4) is 0 Å². The molecule has 0 fully saturated rings. The molecule has 0 radical (unpaired) electrons. The quantitative estimate of drug-likeness (QED) is 0.688. The summed E-state index contributed by atoms with van der Waals surface area (Å²) in [6.07, 6.45) is 0. The molecule has 0 bridgehead atoms. The Bertz CT molecular complexity index is 873. The number of hydrogen-bond acceptors (Lipinski definition) is 5. The number of hydrogen-bond donors (Lipinski definition) is 1. The van der Waals surface area contributed by atoms with Crippen LogP contribution in [0.1, 0.15) is 5.56 Å². The van der Waals surface area contributed by atoms with Crippen LogP contribution in [-0.4, -0.2) is 33.5 Å². The standard InChI is InChI=1S/C18H18N4O2S/c1-12-3-7-14(8-4-12)22-17(13-5-9-15(24-2)10-6-13)20-21-18(22)25-11-16(19)23/h3-10H,11H2,1-2H3,(H2,19,23). The Morgan fingerprint density at radius 2 is 1.80 bits per heavy atom. The zero-order chi connectivity index (χ0) is 17.8. The van der Waals surface area contributed by atoms with E-state index in [0.29, 0.717) is 11.0 Å². The van der Waals surface area contributed by atoms with Crippen molar-refractivity contribution in [1.29, 1.82) is 0 Å². The van der Waals surface area contributed by atoms with Crippen molar-refractivity contribution in [2.45, 2.75) is 12.1 Å². The number of aryl methyl sites for hydroxylation is 1. The highest BCUT2D eigenvalue weighted by atomic mass is 32.2. The maximum absolute atomic E-state index is 11.1. The summed E-state index contributed by atoms with van der Waals surface area (Å²) < 4.78 is 7.13. The summed E-state index contributed by atoms with van der Waals surface area (Å²) >= 11 is 1.27. The molecule has 3 rings (SSSR count). The van der Waals surface area contributed by atoms with Gasteiger partial charge in [-0.15, -0.1) is 10.2 Å². The van der Waals surface area contributed by atoms with E-state index in [2.05, 4.69) is 10.2 Å². The van der Waals surface area contributed by atoms with Crippen LogP contribution in [0.25, 0.3) is 17.1 Å². The van der Waals surface area contributed by atoms with E-state index in [9.17, 15) is 4.79 Å². The van der Waals surface area contributed by atoms with Gasteiger partial charge in [0.25, 0.3) is 0 Å². The van der Waals surface area contributed by atoms with Crippen molar-refractivity contribution in [1.82, 2.24) is 14.8 Å².